The Kier molecular flexibility index (Phi) is 5.53. The zero-order chi connectivity index (χ0) is 14.4. The molecule has 0 aromatic heterocycles. The van der Waals surface area contributed by atoms with Gasteiger partial charge in [0.15, 0.2) is 0 Å². The lowest BCUT2D eigenvalue weighted by atomic mass is 9.99. The summed E-state index contributed by atoms with van der Waals surface area (Å²) in [6.45, 7) is 0. The van der Waals surface area contributed by atoms with E-state index in [0.717, 1.165) is 24.8 Å². The highest BCUT2D eigenvalue weighted by atomic mass is 35.5. The van der Waals surface area contributed by atoms with Crippen molar-refractivity contribution >= 4 is 11.6 Å². The summed E-state index contributed by atoms with van der Waals surface area (Å²) in [5.74, 6) is 5.16. The molecule has 0 aliphatic heterocycles. The van der Waals surface area contributed by atoms with Gasteiger partial charge in [-0.2, -0.15) is 0 Å². The van der Waals surface area contributed by atoms with Crippen molar-refractivity contribution in [1.29, 1.82) is 0 Å². The Morgan fingerprint density at radius 3 is 2.55 bits per heavy atom. The number of hydrazine groups is 1. The molecule has 0 saturated carbocycles. The van der Waals surface area contributed by atoms with Crippen molar-refractivity contribution in [3.63, 3.8) is 0 Å². The highest BCUT2D eigenvalue weighted by Crippen LogP contribution is 2.23. The molecule has 0 radical (unpaired) electrons. The summed E-state index contributed by atoms with van der Waals surface area (Å²) in [4.78, 5) is 0. The number of nitrogens with two attached hydrogens (primary N) is 1. The molecule has 2 rings (SSSR count). The fourth-order valence-corrected chi connectivity index (χ4v) is 2.35. The lowest BCUT2D eigenvalue weighted by molar-refractivity contribution is 0.495. The number of nitrogens with one attached hydrogen (secondary N) is 1. The minimum atomic E-state index is -0.410. The second-order valence-corrected chi connectivity index (χ2v) is 5.18. The molecule has 0 heterocycles. The molecule has 0 saturated heterocycles. The van der Waals surface area contributed by atoms with Crippen LogP contribution in [0.25, 0.3) is 0 Å². The van der Waals surface area contributed by atoms with E-state index in [1.807, 2.05) is 18.2 Å². The summed E-state index contributed by atoms with van der Waals surface area (Å²) in [5, 5.41) is 0.133. The average molecular weight is 293 g/mol. The first kappa shape index (κ1) is 15.0. The second-order valence-electron chi connectivity index (χ2n) is 4.77. The van der Waals surface area contributed by atoms with E-state index < -0.39 is 5.82 Å². The highest BCUT2D eigenvalue weighted by molar-refractivity contribution is 6.30. The molecule has 0 spiro atoms. The van der Waals surface area contributed by atoms with Gasteiger partial charge in [-0.1, -0.05) is 48.0 Å². The Bertz CT molecular complexity index is 545. The van der Waals surface area contributed by atoms with Gasteiger partial charge in [0.25, 0.3) is 0 Å². The maximum absolute atomic E-state index is 13.5. The monoisotopic (exact) mass is 292 g/mol. The van der Waals surface area contributed by atoms with Crippen molar-refractivity contribution in [2.75, 3.05) is 0 Å². The molecule has 3 N–H and O–H groups in total. The van der Waals surface area contributed by atoms with Crippen LogP contribution in [0.3, 0.4) is 0 Å². The van der Waals surface area contributed by atoms with E-state index in [1.54, 1.807) is 12.1 Å². The van der Waals surface area contributed by atoms with Crippen LogP contribution in [-0.2, 0) is 6.42 Å². The van der Waals surface area contributed by atoms with Crippen LogP contribution < -0.4 is 11.3 Å². The Hall–Kier alpha value is -1.42. The summed E-state index contributed by atoms with van der Waals surface area (Å²) in [7, 11) is 0. The molecule has 2 aromatic carbocycles. The smallest absolute Gasteiger partial charge is 0.142 e. The van der Waals surface area contributed by atoms with Crippen LogP contribution in [0, 0.1) is 5.82 Å². The first-order valence-corrected chi connectivity index (χ1v) is 7.03. The number of hydrogen-bond donors (Lipinski definition) is 2. The summed E-state index contributed by atoms with van der Waals surface area (Å²) >= 11 is 5.69. The predicted octanol–water partition coefficient (Wildman–Crippen LogP) is 4.01. The second kappa shape index (κ2) is 7.39. The van der Waals surface area contributed by atoms with Gasteiger partial charge >= 0.3 is 0 Å². The quantitative estimate of drug-likeness (QED) is 0.624. The maximum Gasteiger partial charge on any atom is 0.142 e. The van der Waals surface area contributed by atoms with Gasteiger partial charge in [-0.25, -0.2) is 4.39 Å². The van der Waals surface area contributed by atoms with Gasteiger partial charge in [0, 0.05) is 6.04 Å². The van der Waals surface area contributed by atoms with Crippen LogP contribution in [0.2, 0.25) is 5.02 Å². The minimum absolute atomic E-state index is 0.0644. The van der Waals surface area contributed by atoms with Gasteiger partial charge in [0.1, 0.15) is 5.82 Å². The molecule has 0 aliphatic rings. The fourth-order valence-electron chi connectivity index (χ4n) is 2.23. The van der Waals surface area contributed by atoms with Gasteiger partial charge in [0.05, 0.1) is 5.02 Å². The van der Waals surface area contributed by atoms with Crippen molar-refractivity contribution in [1.82, 2.24) is 5.43 Å². The molecule has 0 amide bonds. The minimum Gasteiger partial charge on any atom is -0.271 e. The third-order valence-electron chi connectivity index (χ3n) is 3.35. The SMILES string of the molecule is NNC(CCCc1ccccc1)c1ccc(Cl)c(F)c1. The Balaban J connectivity index is 1.93. The van der Waals surface area contributed by atoms with Gasteiger partial charge < -0.3 is 0 Å². The van der Waals surface area contributed by atoms with Gasteiger partial charge in [-0.3, -0.25) is 11.3 Å². The highest BCUT2D eigenvalue weighted by Gasteiger charge is 2.11. The topological polar surface area (TPSA) is 38.0 Å². The third kappa shape index (κ3) is 4.04. The normalized spacial score (nSPS) is 12.3. The van der Waals surface area contributed by atoms with Crippen molar-refractivity contribution in [2.24, 2.45) is 5.84 Å². The number of benzene rings is 2. The molecule has 2 aromatic rings. The standard InChI is InChI=1S/C16H18ClFN2/c17-14-10-9-13(11-15(14)18)16(20-19)8-4-7-12-5-2-1-3-6-12/h1-3,5-6,9-11,16,20H,4,7-8,19H2. The molecule has 0 bridgehead atoms. The van der Waals surface area contributed by atoms with Crippen LogP contribution in [0.15, 0.2) is 48.5 Å². The summed E-state index contributed by atoms with van der Waals surface area (Å²) in [5.41, 5.74) is 4.86. The van der Waals surface area contributed by atoms with E-state index in [4.69, 9.17) is 17.4 Å². The molecule has 1 unspecified atom stereocenters. The van der Waals surface area contributed by atoms with Crippen LogP contribution in [-0.4, -0.2) is 0 Å². The lowest BCUT2D eigenvalue weighted by Crippen LogP contribution is -2.28. The number of halogens is 2. The van der Waals surface area contributed by atoms with E-state index in [1.165, 1.54) is 11.6 Å². The van der Waals surface area contributed by atoms with Gasteiger partial charge in [0.2, 0.25) is 0 Å². The largest absolute Gasteiger partial charge is 0.271 e. The van der Waals surface area contributed by atoms with Crippen molar-refractivity contribution in [2.45, 2.75) is 25.3 Å². The van der Waals surface area contributed by atoms with Crippen LogP contribution in [0.4, 0.5) is 4.39 Å². The fraction of sp³-hybridized carbons (Fsp3) is 0.250. The van der Waals surface area contributed by atoms with E-state index >= 15 is 0 Å². The molecule has 0 aliphatic carbocycles. The number of hydrogen-bond acceptors (Lipinski definition) is 2. The lowest BCUT2D eigenvalue weighted by Gasteiger charge is -2.16. The van der Waals surface area contributed by atoms with E-state index in [9.17, 15) is 4.39 Å². The van der Waals surface area contributed by atoms with Crippen molar-refractivity contribution in [3.8, 4) is 0 Å². The molecule has 0 fully saturated rings. The van der Waals surface area contributed by atoms with Gasteiger partial charge in [-0.15, -0.1) is 0 Å². The summed E-state index contributed by atoms with van der Waals surface area (Å²) < 4.78 is 13.5. The Morgan fingerprint density at radius 2 is 1.90 bits per heavy atom. The Morgan fingerprint density at radius 1 is 1.15 bits per heavy atom. The molecule has 1 atom stereocenters. The van der Waals surface area contributed by atoms with Crippen molar-refractivity contribution in [3.05, 3.63) is 70.5 Å². The number of rotatable bonds is 6. The number of aryl methyl sites for hydroxylation is 1. The molecule has 2 nitrogen and oxygen atoms in total. The predicted molar refractivity (Wildman–Crippen MR) is 80.9 cm³/mol. The van der Waals surface area contributed by atoms with Crippen LogP contribution in [0.1, 0.15) is 30.0 Å². The first-order chi connectivity index (χ1) is 9.70. The summed E-state index contributed by atoms with van der Waals surface area (Å²) in [6.07, 6.45) is 2.80. The molecule has 106 valence electrons. The zero-order valence-corrected chi connectivity index (χ0v) is 11.9. The third-order valence-corrected chi connectivity index (χ3v) is 3.65. The maximum atomic E-state index is 13.5. The van der Waals surface area contributed by atoms with E-state index in [-0.39, 0.29) is 11.1 Å². The zero-order valence-electron chi connectivity index (χ0n) is 11.2. The average Bonchev–Trinajstić information content (AvgIpc) is 2.48. The molecule has 20 heavy (non-hydrogen) atoms. The van der Waals surface area contributed by atoms with Gasteiger partial charge in [-0.05, 0) is 42.5 Å². The van der Waals surface area contributed by atoms with E-state index in [2.05, 4.69) is 17.6 Å². The molecular formula is C16H18ClFN2. The summed E-state index contributed by atoms with van der Waals surface area (Å²) in [6, 6.07) is 15.0. The molecular weight excluding hydrogens is 275 g/mol. The first-order valence-electron chi connectivity index (χ1n) is 6.65. The molecule has 4 heteroatoms. The van der Waals surface area contributed by atoms with Crippen molar-refractivity contribution < 1.29 is 4.39 Å². The van der Waals surface area contributed by atoms with Crippen LogP contribution >= 0.6 is 11.6 Å². The van der Waals surface area contributed by atoms with E-state index in [0.29, 0.717) is 0 Å². The Labute approximate surface area is 123 Å². The van der Waals surface area contributed by atoms with Crippen LogP contribution in [0.5, 0.6) is 0 Å².